The number of aliphatic hydroxyl groups is 4. The molecule has 0 unspecified atom stereocenters. The maximum Gasteiger partial charge on any atom is 0.251 e. The molecule has 0 aliphatic heterocycles. The van der Waals surface area contributed by atoms with Crippen LogP contribution in [0.1, 0.15) is 10.4 Å². The maximum atomic E-state index is 12.1. The van der Waals surface area contributed by atoms with E-state index in [2.05, 4.69) is 5.32 Å². The fraction of sp³-hybridized carbons (Fsp3) is 0.467. The molecule has 0 saturated carbocycles. The summed E-state index contributed by atoms with van der Waals surface area (Å²) in [5, 5.41) is 39.7. The zero-order valence-electron chi connectivity index (χ0n) is 13.0. The molecule has 8 heteroatoms. The number of nitrogens with one attached hydrogen (secondary N) is 1. The van der Waals surface area contributed by atoms with Crippen LogP contribution in [0.5, 0.6) is 0 Å². The predicted octanol–water partition coefficient (Wildman–Crippen LogP) is -1.88. The molecule has 0 aromatic heterocycles. The summed E-state index contributed by atoms with van der Waals surface area (Å²) < 4.78 is 0. The zero-order chi connectivity index (χ0) is 17.6. The van der Waals surface area contributed by atoms with Crippen molar-refractivity contribution in [3.63, 3.8) is 0 Å². The molecule has 0 heterocycles. The van der Waals surface area contributed by atoms with E-state index in [0.29, 0.717) is 0 Å². The molecule has 8 nitrogen and oxygen atoms in total. The van der Waals surface area contributed by atoms with Gasteiger partial charge in [0.05, 0.1) is 6.61 Å². The first kappa shape index (κ1) is 19.0. The van der Waals surface area contributed by atoms with Gasteiger partial charge >= 0.3 is 0 Å². The van der Waals surface area contributed by atoms with E-state index in [-0.39, 0.29) is 11.8 Å². The Labute approximate surface area is 134 Å². The van der Waals surface area contributed by atoms with E-state index >= 15 is 0 Å². The Bertz CT molecular complexity index is 519. The van der Waals surface area contributed by atoms with E-state index in [1.165, 1.54) is 0 Å². The summed E-state index contributed by atoms with van der Waals surface area (Å²) in [4.78, 5) is 25.0. The largest absolute Gasteiger partial charge is 0.394 e. The minimum absolute atomic E-state index is 0.254. The quantitative estimate of drug-likeness (QED) is 0.354. The van der Waals surface area contributed by atoms with Gasteiger partial charge in [0, 0.05) is 25.3 Å². The number of amides is 1. The van der Waals surface area contributed by atoms with Crippen molar-refractivity contribution in [2.24, 2.45) is 0 Å². The van der Waals surface area contributed by atoms with Gasteiger partial charge in [0.15, 0.2) is 0 Å². The molecule has 0 radical (unpaired) electrons. The Balaban J connectivity index is 2.78. The molecule has 0 saturated heterocycles. The number of benzene rings is 1. The van der Waals surface area contributed by atoms with E-state index < -0.39 is 36.9 Å². The number of hydrogen-bond acceptors (Lipinski definition) is 7. The van der Waals surface area contributed by atoms with Crippen LogP contribution in [0.2, 0.25) is 0 Å². The van der Waals surface area contributed by atoms with Gasteiger partial charge in [-0.05, 0) is 24.3 Å². The predicted molar refractivity (Wildman–Crippen MR) is 83.2 cm³/mol. The molecule has 128 valence electrons. The number of aliphatic hydroxyl groups excluding tert-OH is 4. The monoisotopic (exact) mass is 326 g/mol. The van der Waals surface area contributed by atoms with Crippen LogP contribution in [0.25, 0.3) is 0 Å². The van der Waals surface area contributed by atoms with Crippen LogP contribution in [0.4, 0.5) is 5.69 Å². The summed E-state index contributed by atoms with van der Waals surface area (Å²) in [6.45, 7) is -0.788. The number of carbonyl (C=O) groups is 2. The molecule has 1 rings (SSSR count). The van der Waals surface area contributed by atoms with Gasteiger partial charge in [0.1, 0.15) is 30.6 Å². The lowest BCUT2D eigenvalue weighted by atomic mass is 10.0. The first-order valence-corrected chi connectivity index (χ1v) is 7.00. The number of carbonyl (C=O) groups excluding carboxylic acids is 2. The molecular formula is C15H22N2O6. The second-order valence-electron chi connectivity index (χ2n) is 5.31. The molecule has 1 aromatic rings. The molecule has 0 spiro atoms. The van der Waals surface area contributed by atoms with Crippen molar-refractivity contribution in [3.8, 4) is 0 Å². The van der Waals surface area contributed by atoms with Crippen molar-refractivity contribution in [1.29, 1.82) is 0 Å². The van der Waals surface area contributed by atoms with Gasteiger partial charge in [0.25, 0.3) is 5.91 Å². The highest BCUT2D eigenvalue weighted by atomic mass is 16.4. The fourth-order valence-corrected chi connectivity index (χ4v) is 1.89. The number of nitrogens with zero attached hydrogens (tertiary/aromatic N) is 1. The molecule has 4 atom stereocenters. The van der Waals surface area contributed by atoms with Gasteiger partial charge in [-0.1, -0.05) is 0 Å². The molecule has 0 bridgehead atoms. The molecule has 0 fully saturated rings. The van der Waals surface area contributed by atoms with E-state index in [9.17, 15) is 24.9 Å². The van der Waals surface area contributed by atoms with Gasteiger partial charge in [-0.15, -0.1) is 0 Å². The van der Waals surface area contributed by atoms with E-state index in [1.807, 2.05) is 19.0 Å². The Morgan fingerprint density at radius 3 is 2.17 bits per heavy atom. The van der Waals surface area contributed by atoms with Gasteiger partial charge in [-0.2, -0.15) is 0 Å². The standard InChI is InChI=1S/C15H22N2O6/c1-17(2)10-5-3-9(4-6-10)15(23)16-11(7-18)13(21)14(22)12(20)8-19/h3-7,11-14,19-22H,8H2,1-2H3,(H,16,23)/t11-,12-,13-,14+/m1/s1. The summed E-state index contributed by atoms with van der Waals surface area (Å²) in [5.41, 5.74) is 1.15. The second kappa shape index (κ2) is 8.59. The minimum Gasteiger partial charge on any atom is -0.394 e. The topological polar surface area (TPSA) is 130 Å². The van der Waals surface area contributed by atoms with Crippen LogP contribution in [-0.4, -0.2) is 77.7 Å². The molecular weight excluding hydrogens is 304 g/mol. The average molecular weight is 326 g/mol. The van der Waals surface area contributed by atoms with E-state index in [0.717, 1.165) is 5.69 Å². The van der Waals surface area contributed by atoms with Crippen LogP contribution in [0.15, 0.2) is 24.3 Å². The number of hydrogen-bond donors (Lipinski definition) is 5. The second-order valence-corrected chi connectivity index (χ2v) is 5.31. The van der Waals surface area contributed by atoms with E-state index in [4.69, 9.17) is 5.11 Å². The summed E-state index contributed by atoms with van der Waals surface area (Å²) in [6, 6.07) is 5.11. The highest BCUT2D eigenvalue weighted by Gasteiger charge is 2.32. The third-order valence-electron chi connectivity index (χ3n) is 3.39. The molecule has 0 aliphatic rings. The van der Waals surface area contributed by atoms with Crippen molar-refractivity contribution in [3.05, 3.63) is 29.8 Å². The molecule has 1 aromatic carbocycles. The Morgan fingerprint density at radius 2 is 1.74 bits per heavy atom. The normalized spacial score (nSPS) is 16.1. The number of rotatable bonds is 8. The third-order valence-corrected chi connectivity index (χ3v) is 3.39. The number of anilines is 1. The smallest absolute Gasteiger partial charge is 0.251 e. The van der Waals surface area contributed by atoms with Crippen molar-refractivity contribution in [1.82, 2.24) is 5.32 Å². The van der Waals surface area contributed by atoms with E-state index in [1.54, 1.807) is 24.3 Å². The lowest BCUT2D eigenvalue weighted by molar-refractivity contribution is -0.119. The summed E-state index contributed by atoms with van der Waals surface area (Å²) in [5.74, 6) is -0.614. The van der Waals surface area contributed by atoms with Crippen LogP contribution in [0.3, 0.4) is 0 Å². The molecule has 5 N–H and O–H groups in total. The lowest BCUT2D eigenvalue weighted by Crippen LogP contribution is -2.53. The molecule has 1 amide bonds. The molecule has 23 heavy (non-hydrogen) atoms. The maximum absolute atomic E-state index is 12.1. The minimum atomic E-state index is -1.77. The van der Waals surface area contributed by atoms with Crippen molar-refractivity contribution >= 4 is 17.9 Å². The fourth-order valence-electron chi connectivity index (χ4n) is 1.89. The van der Waals surface area contributed by atoms with Gasteiger partial charge < -0.3 is 35.4 Å². The number of aldehydes is 1. The average Bonchev–Trinajstić information content (AvgIpc) is 2.57. The summed E-state index contributed by atoms with van der Waals surface area (Å²) in [6.07, 6.45) is -4.89. The van der Waals surface area contributed by atoms with Crippen LogP contribution >= 0.6 is 0 Å². The lowest BCUT2D eigenvalue weighted by Gasteiger charge is -2.26. The summed E-state index contributed by atoms with van der Waals surface area (Å²) >= 11 is 0. The van der Waals surface area contributed by atoms with Crippen molar-refractivity contribution in [2.45, 2.75) is 24.4 Å². The molecule has 0 aliphatic carbocycles. The zero-order valence-corrected chi connectivity index (χ0v) is 13.0. The first-order chi connectivity index (χ1) is 10.8. The van der Waals surface area contributed by atoms with Crippen molar-refractivity contribution < 1.29 is 30.0 Å². The van der Waals surface area contributed by atoms with Gasteiger partial charge in [0.2, 0.25) is 0 Å². The first-order valence-electron chi connectivity index (χ1n) is 7.00. The van der Waals surface area contributed by atoms with Crippen molar-refractivity contribution in [2.75, 3.05) is 25.6 Å². The van der Waals surface area contributed by atoms with Crippen LogP contribution in [0, 0.1) is 0 Å². The Kier molecular flexibility index (Phi) is 7.11. The Morgan fingerprint density at radius 1 is 1.17 bits per heavy atom. The third kappa shape index (κ3) is 5.00. The SMILES string of the molecule is CN(C)c1ccc(C(=O)N[C@H](C=O)[C@@H](O)[C@@H](O)[C@H](O)CO)cc1. The van der Waals surface area contributed by atoms with Gasteiger partial charge in [-0.3, -0.25) is 4.79 Å². The Hall–Kier alpha value is -2.00. The highest BCUT2D eigenvalue weighted by molar-refractivity contribution is 5.96. The van der Waals surface area contributed by atoms with Crippen LogP contribution < -0.4 is 10.2 Å². The van der Waals surface area contributed by atoms with Crippen LogP contribution in [-0.2, 0) is 4.79 Å². The van der Waals surface area contributed by atoms with Gasteiger partial charge in [-0.25, -0.2) is 0 Å². The highest BCUT2D eigenvalue weighted by Crippen LogP contribution is 2.12. The summed E-state index contributed by atoms with van der Waals surface area (Å²) in [7, 11) is 3.70.